The molecule has 5 nitrogen and oxygen atoms in total. The smallest absolute Gasteiger partial charge is 0.337 e. The topological polar surface area (TPSA) is 66.8 Å². The highest BCUT2D eigenvalue weighted by Gasteiger charge is 2.42. The van der Waals surface area contributed by atoms with E-state index in [1.165, 1.54) is 11.8 Å². The Kier molecular flexibility index (Phi) is 2.80. The number of nitrogens with zero attached hydrogens (tertiary/aromatic N) is 1. The van der Waals surface area contributed by atoms with E-state index in [-0.39, 0.29) is 25.1 Å². The van der Waals surface area contributed by atoms with Crippen LogP contribution in [0.3, 0.4) is 0 Å². The standard InChI is InChI=1S/C9H15NO4/c1-6(2)10-5-9(3,8(12)13)14-4-7(10)11/h6H,4-5H2,1-3H3,(H,12,13). The lowest BCUT2D eigenvalue weighted by atomic mass is 10.0. The zero-order valence-corrected chi connectivity index (χ0v) is 8.61. The zero-order valence-electron chi connectivity index (χ0n) is 8.61. The van der Waals surface area contributed by atoms with Gasteiger partial charge in [-0.2, -0.15) is 0 Å². The quantitative estimate of drug-likeness (QED) is 0.688. The maximum Gasteiger partial charge on any atom is 0.337 e. The molecule has 1 atom stereocenters. The second-order valence-electron chi connectivity index (χ2n) is 3.94. The molecule has 1 amide bonds. The van der Waals surface area contributed by atoms with Crippen molar-refractivity contribution in [3.63, 3.8) is 0 Å². The lowest BCUT2D eigenvalue weighted by Gasteiger charge is -2.39. The molecule has 0 radical (unpaired) electrons. The molecule has 1 N–H and O–H groups in total. The van der Waals surface area contributed by atoms with Gasteiger partial charge in [-0.25, -0.2) is 4.79 Å². The van der Waals surface area contributed by atoms with E-state index in [9.17, 15) is 9.59 Å². The fraction of sp³-hybridized carbons (Fsp3) is 0.778. The van der Waals surface area contributed by atoms with Crippen LogP contribution in [0, 0.1) is 0 Å². The number of carbonyl (C=O) groups excluding carboxylic acids is 1. The summed E-state index contributed by atoms with van der Waals surface area (Å²) in [6.07, 6.45) is 0. The van der Waals surface area contributed by atoms with Crippen molar-refractivity contribution < 1.29 is 19.4 Å². The first-order valence-corrected chi connectivity index (χ1v) is 4.53. The molecule has 1 aliphatic rings. The maximum absolute atomic E-state index is 11.4. The monoisotopic (exact) mass is 201 g/mol. The summed E-state index contributed by atoms with van der Waals surface area (Å²) in [6, 6.07) is 0.00470. The van der Waals surface area contributed by atoms with E-state index in [4.69, 9.17) is 9.84 Å². The van der Waals surface area contributed by atoms with Gasteiger partial charge in [0.1, 0.15) is 6.61 Å². The average molecular weight is 201 g/mol. The molecular formula is C9H15NO4. The normalized spacial score (nSPS) is 28.3. The third-order valence-electron chi connectivity index (χ3n) is 2.38. The van der Waals surface area contributed by atoms with Crippen LogP contribution >= 0.6 is 0 Å². The molecule has 1 aliphatic heterocycles. The van der Waals surface area contributed by atoms with Crippen molar-refractivity contribution >= 4 is 11.9 Å². The number of carboxylic acids is 1. The largest absolute Gasteiger partial charge is 0.479 e. The van der Waals surface area contributed by atoms with Crippen molar-refractivity contribution in [1.29, 1.82) is 0 Å². The van der Waals surface area contributed by atoms with Gasteiger partial charge in [-0.3, -0.25) is 4.79 Å². The highest BCUT2D eigenvalue weighted by atomic mass is 16.5. The van der Waals surface area contributed by atoms with Crippen LogP contribution in [0.2, 0.25) is 0 Å². The second-order valence-corrected chi connectivity index (χ2v) is 3.94. The molecule has 0 aromatic heterocycles. The van der Waals surface area contributed by atoms with Crippen LogP contribution in [0.25, 0.3) is 0 Å². The van der Waals surface area contributed by atoms with Gasteiger partial charge < -0.3 is 14.7 Å². The molecule has 14 heavy (non-hydrogen) atoms. The van der Waals surface area contributed by atoms with E-state index >= 15 is 0 Å². The molecule has 0 aromatic carbocycles. The van der Waals surface area contributed by atoms with Crippen LogP contribution in [0.4, 0.5) is 0 Å². The van der Waals surface area contributed by atoms with Gasteiger partial charge in [0.25, 0.3) is 0 Å². The lowest BCUT2D eigenvalue weighted by Crippen LogP contribution is -2.58. The van der Waals surface area contributed by atoms with Gasteiger partial charge in [0.2, 0.25) is 5.91 Å². The number of amides is 1. The predicted molar refractivity (Wildman–Crippen MR) is 48.8 cm³/mol. The number of carboxylic acid groups (broad SMARTS) is 1. The molecule has 80 valence electrons. The van der Waals surface area contributed by atoms with Crippen molar-refractivity contribution in [1.82, 2.24) is 4.90 Å². The minimum absolute atomic E-state index is 0.00470. The number of aliphatic carboxylic acids is 1. The van der Waals surface area contributed by atoms with Crippen LogP contribution < -0.4 is 0 Å². The van der Waals surface area contributed by atoms with E-state index in [1.54, 1.807) is 0 Å². The van der Waals surface area contributed by atoms with Crippen LogP contribution in [0.5, 0.6) is 0 Å². The summed E-state index contributed by atoms with van der Waals surface area (Å²) in [7, 11) is 0. The van der Waals surface area contributed by atoms with Crippen molar-refractivity contribution in [2.24, 2.45) is 0 Å². The summed E-state index contributed by atoms with van der Waals surface area (Å²) < 4.78 is 5.03. The minimum Gasteiger partial charge on any atom is -0.479 e. The van der Waals surface area contributed by atoms with Gasteiger partial charge in [-0.05, 0) is 20.8 Å². The van der Waals surface area contributed by atoms with Crippen molar-refractivity contribution in [2.75, 3.05) is 13.2 Å². The van der Waals surface area contributed by atoms with E-state index in [0.29, 0.717) is 0 Å². The zero-order chi connectivity index (χ0) is 10.9. The maximum atomic E-state index is 11.4. The summed E-state index contributed by atoms with van der Waals surface area (Å²) in [5.41, 5.74) is -1.27. The molecule has 0 aliphatic carbocycles. The third-order valence-corrected chi connectivity index (χ3v) is 2.38. The highest BCUT2D eigenvalue weighted by Crippen LogP contribution is 2.20. The number of ether oxygens (including phenoxy) is 1. The number of hydrogen-bond acceptors (Lipinski definition) is 3. The first-order valence-electron chi connectivity index (χ1n) is 4.53. The first-order chi connectivity index (χ1) is 6.37. The van der Waals surface area contributed by atoms with Gasteiger partial charge >= 0.3 is 5.97 Å². The Balaban J connectivity index is 2.81. The van der Waals surface area contributed by atoms with E-state index in [0.717, 1.165) is 0 Å². The van der Waals surface area contributed by atoms with E-state index in [1.807, 2.05) is 13.8 Å². The molecule has 1 rings (SSSR count). The van der Waals surface area contributed by atoms with Gasteiger partial charge in [-0.15, -0.1) is 0 Å². The SMILES string of the molecule is CC(C)N1CC(C)(C(=O)O)OCC1=O. The second kappa shape index (κ2) is 3.57. The van der Waals surface area contributed by atoms with Gasteiger partial charge in [0.15, 0.2) is 5.60 Å². The molecule has 1 unspecified atom stereocenters. The Labute approximate surface area is 82.6 Å². The highest BCUT2D eigenvalue weighted by molar-refractivity contribution is 5.84. The van der Waals surface area contributed by atoms with E-state index < -0.39 is 11.6 Å². The first kappa shape index (κ1) is 11.0. The van der Waals surface area contributed by atoms with E-state index in [2.05, 4.69) is 0 Å². The number of hydrogen-bond donors (Lipinski definition) is 1. The molecular weight excluding hydrogens is 186 g/mol. The summed E-state index contributed by atoms with van der Waals surface area (Å²) >= 11 is 0. The lowest BCUT2D eigenvalue weighted by molar-refractivity contribution is -0.183. The average Bonchev–Trinajstić information content (AvgIpc) is 2.09. The summed E-state index contributed by atoms with van der Waals surface area (Å²) in [4.78, 5) is 23.8. The Bertz CT molecular complexity index is 264. The van der Waals surface area contributed by atoms with Crippen molar-refractivity contribution in [2.45, 2.75) is 32.4 Å². The molecule has 0 aromatic rings. The Hall–Kier alpha value is -1.10. The molecule has 0 bridgehead atoms. The fourth-order valence-corrected chi connectivity index (χ4v) is 1.36. The fourth-order valence-electron chi connectivity index (χ4n) is 1.36. The molecule has 1 fully saturated rings. The summed E-state index contributed by atoms with van der Waals surface area (Å²) in [6.45, 7) is 5.15. The molecule has 5 heteroatoms. The number of morpholine rings is 1. The number of carbonyl (C=O) groups is 2. The predicted octanol–water partition coefficient (Wildman–Crippen LogP) is 0.0969. The van der Waals surface area contributed by atoms with Crippen molar-refractivity contribution in [3.05, 3.63) is 0 Å². The van der Waals surface area contributed by atoms with Crippen LogP contribution in [0.1, 0.15) is 20.8 Å². The van der Waals surface area contributed by atoms with Crippen molar-refractivity contribution in [3.8, 4) is 0 Å². The Morgan fingerprint density at radius 2 is 2.21 bits per heavy atom. The third kappa shape index (κ3) is 1.87. The van der Waals surface area contributed by atoms with Gasteiger partial charge in [0.05, 0.1) is 6.54 Å². The van der Waals surface area contributed by atoms with Crippen LogP contribution in [-0.4, -0.2) is 46.7 Å². The van der Waals surface area contributed by atoms with Crippen LogP contribution in [-0.2, 0) is 14.3 Å². The van der Waals surface area contributed by atoms with Crippen LogP contribution in [0.15, 0.2) is 0 Å². The van der Waals surface area contributed by atoms with Gasteiger partial charge in [0, 0.05) is 6.04 Å². The molecule has 0 spiro atoms. The Morgan fingerprint density at radius 3 is 2.64 bits per heavy atom. The minimum atomic E-state index is -1.27. The molecule has 1 saturated heterocycles. The summed E-state index contributed by atoms with van der Waals surface area (Å²) in [5.74, 6) is -1.19. The summed E-state index contributed by atoms with van der Waals surface area (Å²) in [5, 5.41) is 8.92. The Morgan fingerprint density at radius 1 is 1.64 bits per heavy atom. The number of rotatable bonds is 2. The van der Waals surface area contributed by atoms with Gasteiger partial charge in [-0.1, -0.05) is 0 Å². The molecule has 1 heterocycles. The molecule has 0 saturated carbocycles.